The zero-order chi connectivity index (χ0) is 8.65. The van der Waals surface area contributed by atoms with E-state index in [2.05, 4.69) is 27.4 Å². The van der Waals surface area contributed by atoms with Crippen LogP contribution in [0.2, 0.25) is 0 Å². The largest absolute Gasteiger partial charge is 0.330 e. The van der Waals surface area contributed by atoms with Crippen LogP contribution in [0, 0.1) is 17.3 Å². The van der Waals surface area contributed by atoms with Crippen molar-refractivity contribution in [3.8, 4) is 0 Å². The molecular formula is C10H19N. The molecular weight excluding hydrogens is 134 g/mol. The molecule has 1 saturated carbocycles. The Morgan fingerprint density at radius 3 is 2.27 bits per heavy atom. The second-order valence-electron chi connectivity index (χ2n) is 4.43. The maximum Gasteiger partial charge on any atom is -0.00407 e. The first kappa shape index (κ1) is 8.79. The zero-order valence-corrected chi connectivity index (χ0v) is 7.85. The number of hydrogen-bond acceptors (Lipinski definition) is 1. The van der Waals surface area contributed by atoms with Gasteiger partial charge in [0.2, 0.25) is 0 Å². The Bertz CT molecular complexity index is 170. The highest BCUT2D eigenvalue weighted by Crippen LogP contribution is 2.59. The highest BCUT2D eigenvalue weighted by Gasteiger charge is 2.55. The molecule has 0 aliphatic heterocycles. The molecule has 64 valence electrons. The monoisotopic (exact) mass is 153 g/mol. The topological polar surface area (TPSA) is 26.0 Å². The summed E-state index contributed by atoms with van der Waals surface area (Å²) in [6, 6.07) is 0. The van der Waals surface area contributed by atoms with E-state index in [0.717, 1.165) is 24.8 Å². The summed E-state index contributed by atoms with van der Waals surface area (Å²) in [6.07, 6.45) is 1.16. The fourth-order valence-electron chi connectivity index (χ4n) is 2.11. The normalized spacial score (nSPS) is 33.5. The predicted octanol–water partition coefficient (Wildman–Crippen LogP) is 2.18. The van der Waals surface area contributed by atoms with E-state index in [1.807, 2.05) is 0 Å². The summed E-state index contributed by atoms with van der Waals surface area (Å²) in [5.41, 5.74) is 7.42. The molecule has 0 aromatic rings. The van der Waals surface area contributed by atoms with Gasteiger partial charge in [-0.2, -0.15) is 0 Å². The third kappa shape index (κ3) is 1.48. The molecule has 0 saturated heterocycles. The molecule has 0 heterocycles. The SMILES string of the molecule is C=C(C)CC1C(CN)C1(C)C. The summed E-state index contributed by atoms with van der Waals surface area (Å²) in [7, 11) is 0. The number of rotatable bonds is 3. The quantitative estimate of drug-likeness (QED) is 0.618. The lowest BCUT2D eigenvalue weighted by Crippen LogP contribution is -2.05. The molecule has 1 rings (SSSR count). The van der Waals surface area contributed by atoms with Gasteiger partial charge in [-0.3, -0.25) is 0 Å². The average Bonchev–Trinajstić information content (AvgIpc) is 2.33. The first-order chi connectivity index (χ1) is 5.00. The van der Waals surface area contributed by atoms with Crippen molar-refractivity contribution in [3.05, 3.63) is 12.2 Å². The van der Waals surface area contributed by atoms with Crippen molar-refractivity contribution < 1.29 is 0 Å². The van der Waals surface area contributed by atoms with Gasteiger partial charge in [0.1, 0.15) is 0 Å². The summed E-state index contributed by atoms with van der Waals surface area (Å²) in [5, 5.41) is 0. The molecule has 2 N–H and O–H groups in total. The van der Waals surface area contributed by atoms with Crippen LogP contribution in [0.25, 0.3) is 0 Å². The Morgan fingerprint density at radius 2 is 2.00 bits per heavy atom. The van der Waals surface area contributed by atoms with Crippen molar-refractivity contribution in [2.45, 2.75) is 27.2 Å². The first-order valence-corrected chi connectivity index (χ1v) is 4.34. The van der Waals surface area contributed by atoms with Crippen LogP contribution >= 0.6 is 0 Å². The highest BCUT2D eigenvalue weighted by molar-refractivity contribution is 5.10. The second-order valence-corrected chi connectivity index (χ2v) is 4.43. The third-order valence-corrected chi connectivity index (χ3v) is 3.11. The van der Waals surface area contributed by atoms with Crippen molar-refractivity contribution in [1.82, 2.24) is 0 Å². The van der Waals surface area contributed by atoms with Gasteiger partial charge in [-0.05, 0) is 37.1 Å². The van der Waals surface area contributed by atoms with E-state index in [-0.39, 0.29) is 0 Å². The van der Waals surface area contributed by atoms with E-state index in [1.54, 1.807) is 0 Å². The number of hydrogen-bond donors (Lipinski definition) is 1. The summed E-state index contributed by atoms with van der Waals surface area (Å²) in [6.45, 7) is 11.5. The summed E-state index contributed by atoms with van der Waals surface area (Å²) in [4.78, 5) is 0. The molecule has 2 unspecified atom stereocenters. The molecule has 11 heavy (non-hydrogen) atoms. The van der Waals surface area contributed by atoms with E-state index in [1.165, 1.54) is 5.57 Å². The van der Waals surface area contributed by atoms with Gasteiger partial charge in [0.15, 0.2) is 0 Å². The van der Waals surface area contributed by atoms with Gasteiger partial charge in [-0.25, -0.2) is 0 Å². The fraction of sp³-hybridized carbons (Fsp3) is 0.800. The maximum atomic E-state index is 5.65. The summed E-state index contributed by atoms with van der Waals surface area (Å²) in [5.74, 6) is 1.53. The molecule has 0 radical (unpaired) electrons. The molecule has 1 fully saturated rings. The molecule has 0 aromatic heterocycles. The minimum atomic E-state index is 0.480. The van der Waals surface area contributed by atoms with Crippen LogP contribution in [-0.4, -0.2) is 6.54 Å². The molecule has 1 nitrogen and oxygen atoms in total. The van der Waals surface area contributed by atoms with Gasteiger partial charge in [-0.15, -0.1) is 6.58 Å². The van der Waals surface area contributed by atoms with E-state index < -0.39 is 0 Å². The molecule has 0 aromatic carbocycles. The van der Waals surface area contributed by atoms with Crippen molar-refractivity contribution in [3.63, 3.8) is 0 Å². The van der Waals surface area contributed by atoms with Gasteiger partial charge in [0, 0.05) is 0 Å². The van der Waals surface area contributed by atoms with Crippen LogP contribution < -0.4 is 5.73 Å². The van der Waals surface area contributed by atoms with Crippen LogP contribution in [0.4, 0.5) is 0 Å². The van der Waals surface area contributed by atoms with E-state index in [9.17, 15) is 0 Å². The van der Waals surface area contributed by atoms with Crippen molar-refractivity contribution in [2.75, 3.05) is 6.54 Å². The molecule has 0 amide bonds. The van der Waals surface area contributed by atoms with E-state index in [4.69, 9.17) is 5.73 Å². The lowest BCUT2D eigenvalue weighted by molar-refractivity contribution is 0.536. The van der Waals surface area contributed by atoms with Gasteiger partial charge < -0.3 is 5.73 Å². The average molecular weight is 153 g/mol. The van der Waals surface area contributed by atoms with Gasteiger partial charge in [0.05, 0.1) is 0 Å². The smallest absolute Gasteiger partial charge is 0.00407 e. The fourth-order valence-corrected chi connectivity index (χ4v) is 2.11. The second kappa shape index (κ2) is 2.63. The Kier molecular flexibility index (Phi) is 2.10. The lowest BCUT2D eigenvalue weighted by Gasteiger charge is -2.00. The summed E-state index contributed by atoms with van der Waals surface area (Å²) >= 11 is 0. The van der Waals surface area contributed by atoms with Gasteiger partial charge >= 0.3 is 0 Å². The molecule has 2 atom stereocenters. The Labute approximate surface area is 69.7 Å². The first-order valence-electron chi connectivity index (χ1n) is 4.34. The number of nitrogens with two attached hydrogens (primary N) is 1. The zero-order valence-electron chi connectivity index (χ0n) is 7.85. The highest BCUT2D eigenvalue weighted by atomic mass is 14.7. The molecule has 1 aliphatic carbocycles. The minimum absolute atomic E-state index is 0.480. The lowest BCUT2D eigenvalue weighted by atomic mass is 10.1. The molecule has 0 bridgehead atoms. The predicted molar refractivity (Wildman–Crippen MR) is 49.2 cm³/mol. The molecule has 0 spiro atoms. The van der Waals surface area contributed by atoms with Crippen LogP contribution in [0.15, 0.2) is 12.2 Å². The van der Waals surface area contributed by atoms with Gasteiger partial charge in [0.25, 0.3) is 0 Å². The molecule has 1 heteroatoms. The summed E-state index contributed by atoms with van der Waals surface area (Å²) < 4.78 is 0. The van der Waals surface area contributed by atoms with Crippen LogP contribution in [0.3, 0.4) is 0 Å². The van der Waals surface area contributed by atoms with Crippen molar-refractivity contribution in [2.24, 2.45) is 23.0 Å². The Balaban J connectivity index is 2.46. The Hall–Kier alpha value is -0.300. The number of allylic oxidation sites excluding steroid dienone is 1. The van der Waals surface area contributed by atoms with Crippen molar-refractivity contribution >= 4 is 0 Å². The third-order valence-electron chi connectivity index (χ3n) is 3.11. The van der Waals surface area contributed by atoms with Crippen LogP contribution in [0.5, 0.6) is 0 Å². The van der Waals surface area contributed by atoms with Crippen molar-refractivity contribution in [1.29, 1.82) is 0 Å². The minimum Gasteiger partial charge on any atom is -0.330 e. The van der Waals surface area contributed by atoms with E-state index >= 15 is 0 Å². The Morgan fingerprint density at radius 1 is 1.45 bits per heavy atom. The van der Waals surface area contributed by atoms with Crippen LogP contribution in [0.1, 0.15) is 27.2 Å². The molecule has 1 aliphatic rings. The maximum absolute atomic E-state index is 5.65. The standard InChI is InChI=1S/C10H19N/c1-7(2)5-8-9(6-11)10(8,3)4/h8-9H,1,5-6,11H2,2-4H3. The van der Waals surface area contributed by atoms with Gasteiger partial charge in [-0.1, -0.05) is 19.4 Å². The van der Waals surface area contributed by atoms with E-state index in [0.29, 0.717) is 5.41 Å². The van der Waals surface area contributed by atoms with Crippen LogP contribution in [-0.2, 0) is 0 Å².